The van der Waals surface area contributed by atoms with Crippen molar-refractivity contribution in [2.24, 2.45) is 11.3 Å². The molecule has 7 nitrogen and oxygen atoms in total. The van der Waals surface area contributed by atoms with Gasteiger partial charge in [-0.25, -0.2) is 4.98 Å². The summed E-state index contributed by atoms with van der Waals surface area (Å²) >= 11 is 0. The summed E-state index contributed by atoms with van der Waals surface area (Å²) in [5.74, 6) is 1.60. The zero-order valence-corrected chi connectivity index (χ0v) is 15.5. The summed E-state index contributed by atoms with van der Waals surface area (Å²) in [4.78, 5) is 26.6. The molecular formula is C19H26N4O3. The molecule has 4 rings (SSSR count). The van der Waals surface area contributed by atoms with Gasteiger partial charge in [-0.2, -0.15) is 4.98 Å². The lowest BCUT2D eigenvalue weighted by Gasteiger charge is -2.41. The zero-order chi connectivity index (χ0) is 18.1. The highest BCUT2D eigenvalue weighted by Crippen LogP contribution is 2.45. The van der Waals surface area contributed by atoms with E-state index >= 15 is 0 Å². The first-order chi connectivity index (χ1) is 12.6. The van der Waals surface area contributed by atoms with Crippen LogP contribution < -0.4 is 9.64 Å². The molecule has 2 atom stereocenters. The Hall–Kier alpha value is -2.15. The van der Waals surface area contributed by atoms with Crippen LogP contribution in [0.1, 0.15) is 19.8 Å². The first-order valence-electron chi connectivity index (χ1n) is 9.27. The Morgan fingerprint density at radius 3 is 3.15 bits per heavy atom. The van der Waals surface area contributed by atoms with E-state index in [1.54, 1.807) is 19.4 Å². The Balaban J connectivity index is 1.60. The molecule has 0 aromatic carbocycles. The van der Waals surface area contributed by atoms with Crippen molar-refractivity contribution in [2.75, 3.05) is 51.4 Å². The van der Waals surface area contributed by atoms with Crippen molar-refractivity contribution in [1.29, 1.82) is 0 Å². The number of methoxy groups -OCH3 is 1. The molecule has 0 bridgehead atoms. The fourth-order valence-corrected chi connectivity index (χ4v) is 4.45. The molecule has 0 radical (unpaired) electrons. The van der Waals surface area contributed by atoms with Crippen LogP contribution in [0.2, 0.25) is 0 Å². The number of carbonyl (C=O) groups excluding carboxylic acids is 1. The van der Waals surface area contributed by atoms with E-state index in [0.717, 1.165) is 32.5 Å². The molecule has 0 aliphatic carbocycles. The number of ether oxygens (including phenoxy) is 2. The van der Waals surface area contributed by atoms with Crippen LogP contribution in [0.4, 0.5) is 5.95 Å². The molecule has 2 fully saturated rings. The molecule has 3 aliphatic heterocycles. The van der Waals surface area contributed by atoms with Gasteiger partial charge in [0.25, 0.3) is 0 Å². The van der Waals surface area contributed by atoms with Crippen molar-refractivity contribution in [3.8, 4) is 5.88 Å². The van der Waals surface area contributed by atoms with Crippen molar-refractivity contribution in [2.45, 2.75) is 19.8 Å². The molecule has 1 aromatic rings. The highest BCUT2D eigenvalue weighted by atomic mass is 16.5. The first kappa shape index (κ1) is 17.3. The second kappa shape index (κ2) is 6.87. The van der Waals surface area contributed by atoms with Crippen molar-refractivity contribution >= 4 is 11.9 Å². The van der Waals surface area contributed by atoms with Gasteiger partial charge in [-0.05, 0) is 19.8 Å². The Kier molecular flexibility index (Phi) is 4.56. The van der Waals surface area contributed by atoms with Gasteiger partial charge in [-0.1, -0.05) is 11.6 Å². The molecule has 2 unspecified atom stereocenters. The van der Waals surface area contributed by atoms with Gasteiger partial charge in [0.2, 0.25) is 17.7 Å². The van der Waals surface area contributed by atoms with Crippen LogP contribution in [-0.4, -0.2) is 67.3 Å². The second-order valence-electron chi connectivity index (χ2n) is 7.52. The largest absolute Gasteiger partial charge is 0.481 e. The van der Waals surface area contributed by atoms with Crippen molar-refractivity contribution in [1.82, 2.24) is 14.9 Å². The minimum Gasteiger partial charge on any atom is -0.481 e. The molecule has 1 aromatic heterocycles. The standard InChI is InChI=1S/C19H26N4O3/c1-14-4-3-8-22(10-14)17(24)19-6-9-26-12-15(19)11-23(13-19)18-20-7-5-16(21-18)25-2/h4-5,7,15H,3,6,8-13H2,1-2H3. The highest BCUT2D eigenvalue weighted by molar-refractivity contribution is 5.85. The van der Waals surface area contributed by atoms with E-state index in [-0.39, 0.29) is 11.8 Å². The van der Waals surface area contributed by atoms with Crippen LogP contribution in [0.3, 0.4) is 0 Å². The lowest BCUT2D eigenvalue weighted by atomic mass is 9.73. The summed E-state index contributed by atoms with van der Waals surface area (Å²) in [5.41, 5.74) is 0.873. The van der Waals surface area contributed by atoms with Crippen LogP contribution in [0.25, 0.3) is 0 Å². The molecule has 140 valence electrons. The molecule has 7 heteroatoms. The van der Waals surface area contributed by atoms with E-state index in [4.69, 9.17) is 9.47 Å². The van der Waals surface area contributed by atoms with Gasteiger partial charge >= 0.3 is 0 Å². The van der Waals surface area contributed by atoms with E-state index in [0.29, 0.717) is 31.6 Å². The van der Waals surface area contributed by atoms with E-state index in [1.165, 1.54) is 5.57 Å². The lowest BCUT2D eigenvalue weighted by Crippen LogP contribution is -2.53. The number of carbonyl (C=O) groups is 1. The lowest BCUT2D eigenvalue weighted by molar-refractivity contribution is -0.150. The summed E-state index contributed by atoms with van der Waals surface area (Å²) in [6.07, 6.45) is 5.63. The van der Waals surface area contributed by atoms with Crippen LogP contribution in [0.5, 0.6) is 5.88 Å². The van der Waals surface area contributed by atoms with Gasteiger partial charge in [0.1, 0.15) is 0 Å². The Morgan fingerprint density at radius 1 is 1.46 bits per heavy atom. The normalized spacial score (nSPS) is 28.5. The highest BCUT2D eigenvalue weighted by Gasteiger charge is 2.55. The monoisotopic (exact) mass is 358 g/mol. The molecule has 2 saturated heterocycles. The SMILES string of the molecule is COc1ccnc(N2CC3COCCC3(C(=O)N3CCC=C(C)C3)C2)n1. The Labute approximate surface area is 154 Å². The van der Waals surface area contributed by atoms with Gasteiger partial charge in [0.15, 0.2) is 0 Å². The van der Waals surface area contributed by atoms with Crippen LogP contribution in [0.15, 0.2) is 23.9 Å². The van der Waals surface area contributed by atoms with Gasteiger partial charge in [0.05, 0.1) is 19.1 Å². The quantitative estimate of drug-likeness (QED) is 0.763. The maximum Gasteiger partial charge on any atom is 0.231 e. The average Bonchev–Trinajstić information content (AvgIpc) is 3.08. The van der Waals surface area contributed by atoms with E-state index in [1.807, 2.05) is 4.90 Å². The number of fused-ring (bicyclic) bond motifs is 1. The Bertz CT molecular complexity index is 722. The number of nitrogens with zero attached hydrogens (tertiary/aromatic N) is 4. The number of hydrogen-bond acceptors (Lipinski definition) is 6. The summed E-state index contributed by atoms with van der Waals surface area (Å²) in [6.45, 7) is 6.29. The molecule has 0 N–H and O–H groups in total. The number of rotatable bonds is 3. The summed E-state index contributed by atoms with van der Waals surface area (Å²) < 4.78 is 11.0. The van der Waals surface area contributed by atoms with Crippen LogP contribution in [-0.2, 0) is 9.53 Å². The number of amides is 1. The summed E-state index contributed by atoms with van der Waals surface area (Å²) in [7, 11) is 1.60. The maximum atomic E-state index is 13.6. The number of aromatic nitrogens is 2. The molecule has 4 heterocycles. The van der Waals surface area contributed by atoms with E-state index < -0.39 is 5.41 Å². The van der Waals surface area contributed by atoms with E-state index in [9.17, 15) is 4.79 Å². The molecule has 1 amide bonds. The van der Waals surface area contributed by atoms with Gasteiger partial charge < -0.3 is 19.3 Å². The van der Waals surface area contributed by atoms with Crippen molar-refractivity contribution in [3.05, 3.63) is 23.9 Å². The predicted molar refractivity (Wildman–Crippen MR) is 97.1 cm³/mol. The number of anilines is 1. The molecule has 0 saturated carbocycles. The van der Waals surface area contributed by atoms with Gasteiger partial charge in [-0.15, -0.1) is 0 Å². The third kappa shape index (κ3) is 2.94. The molecular weight excluding hydrogens is 332 g/mol. The molecule has 26 heavy (non-hydrogen) atoms. The van der Waals surface area contributed by atoms with Crippen LogP contribution >= 0.6 is 0 Å². The molecule has 0 spiro atoms. The minimum absolute atomic E-state index is 0.171. The van der Waals surface area contributed by atoms with Gasteiger partial charge in [0, 0.05) is 51.0 Å². The fourth-order valence-electron chi connectivity index (χ4n) is 4.45. The maximum absolute atomic E-state index is 13.6. The minimum atomic E-state index is -0.400. The van der Waals surface area contributed by atoms with Crippen LogP contribution in [0, 0.1) is 11.3 Å². The first-order valence-corrected chi connectivity index (χ1v) is 9.27. The summed E-state index contributed by atoms with van der Waals surface area (Å²) in [6, 6.07) is 1.74. The van der Waals surface area contributed by atoms with Crippen molar-refractivity contribution in [3.63, 3.8) is 0 Å². The number of hydrogen-bond donors (Lipinski definition) is 0. The third-order valence-electron chi connectivity index (χ3n) is 5.86. The summed E-state index contributed by atoms with van der Waals surface area (Å²) in [5, 5.41) is 0. The fraction of sp³-hybridized carbons (Fsp3) is 0.632. The zero-order valence-electron chi connectivity index (χ0n) is 15.5. The smallest absolute Gasteiger partial charge is 0.231 e. The predicted octanol–water partition coefficient (Wildman–Crippen LogP) is 1.51. The average molecular weight is 358 g/mol. The van der Waals surface area contributed by atoms with Crippen molar-refractivity contribution < 1.29 is 14.3 Å². The van der Waals surface area contributed by atoms with E-state index in [2.05, 4.69) is 27.9 Å². The molecule has 3 aliphatic rings. The third-order valence-corrected chi connectivity index (χ3v) is 5.86. The second-order valence-corrected chi connectivity index (χ2v) is 7.52. The van der Waals surface area contributed by atoms with Gasteiger partial charge in [-0.3, -0.25) is 4.79 Å². The Morgan fingerprint density at radius 2 is 2.35 bits per heavy atom. The topological polar surface area (TPSA) is 67.8 Å².